The van der Waals surface area contributed by atoms with Crippen LogP contribution in [-0.2, 0) is 16.1 Å². The van der Waals surface area contributed by atoms with Gasteiger partial charge in [-0.25, -0.2) is 4.39 Å². The number of hydrogen-bond donors (Lipinski definition) is 1. The first kappa shape index (κ1) is 18.8. The summed E-state index contributed by atoms with van der Waals surface area (Å²) >= 11 is 0. The lowest BCUT2D eigenvalue weighted by atomic mass is 9.88. The van der Waals surface area contributed by atoms with Gasteiger partial charge in [-0.05, 0) is 49.4 Å². The molecular formula is C20H27FN2O3. The number of hydrogen-bond acceptors (Lipinski definition) is 3. The molecule has 2 saturated heterocycles. The molecule has 1 amide bonds. The summed E-state index contributed by atoms with van der Waals surface area (Å²) in [6, 6.07) is 6.58. The van der Waals surface area contributed by atoms with Crippen LogP contribution in [0.4, 0.5) is 4.39 Å². The third-order valence-electron chi connectivity index (χ3n) is 5.47. The van der Waals surface area contributed by atoms with E-state index in [1.54, 1.807) is 11.0 Å². The van der Waals surface area contributed by atoms with Gasteiger partial charge < -0.3 is 10.0 Å². The first-order valence-corrected chi connectivity index (χ1v) is 9.40. The van der Waals surface area contributed by atoms with Crippen molar-refractivity contribution in [2.75, 3.05) is 26.2 Å². The van der Waals surface area contributed by atoms with Gasteiger partial charge in [0, 0.05) is 26.2 Å². The Hall–Kier alpha value is -1.95. The lowest BCUT2D eigenvalue weighted by Crippen LogP contribution is -2.50. The van der Waals surface area contributed by atoms with Crippen molar-refractivity contribution in [2.24, 2.45) is 17.8 Å². The predicted molar refractivity (Wildman–Crippen MR) is 95.9 cm³/mol. The SMILES string of the molecule is CC1CC(C(=O)O)CN(C(=O)C2CCCN(Cc3cccc(F)c3)C2)C1. The molecule has 0 aliphatic carbocycles. The average molecular weight is 362 g/mol. The van der Waals surface area contributed by atoms with Crippen molar-refractivity contribution in [2.45, 2.75) is 32.7 Å². The van der Waals surface area contributed by atoms with E-state index in [9.17, 15) is 19.1 Å². The van der Waals surface area contributed by atoms with Gasteiger partial charge in [-0.2, -0.15) is 0 Å². The van der Waals surface area contributed by atoms with E-state index in [4.69, 9.17) is 0 Å². The second-order valence-electron chi connectivity index (χ2n) is 7.82. The van der Waals surface area contributed by atoms with Gasteiger partial charge in [0.1, 0.15) is 5.82 Å². The molecule has 3 rings (SSSR count). The number of amides is 1. The Morgan fingerprint density at radius 1 is 1.23 bits per heavy atom. The number of nitrogens with zero attached hydrogens (tertiary/aromatic N) is 2. The van der Waals surface area contributed by atoms with Crippen molar-refractivity contribution >= 4 is 11.9 Å². The molecule has 1 aromatic rings. The summed E-state index contributed by atoms with van der Waals surface area (Å²) in [5.74, 6) is -1.33. The highest BCUT2D eigenvalue weighted by Crippen LogP contribution is 2.26. The van der Waals surface area contributed by atoms with Gasteiger partial charge in [0.15, 0.2) is 0 Å². The number of rotatable bonds is 4. The summed E-state index contributed by atoms with van der Waals surface area (Å²) in [7, 11) is 0. The standard InChI is InChI=1S/C20H27FN2O3/c1-14-8-17(20(25)26)13-23(10-14)19(24)16-5-3-7-22(12-16)11-15-4-2-6-18(21)9-15/h2,4,6,9,14,16-17H,3,5,7-8,10-13H2,1H3,(H,25,26). The summed E-state index contributed by atoms with van der Waals surface area (Å²) in [6.45, 7) is 5.15. The molecule has 26 heavy (non-hydrogen) atoms. The van der Waals surface area contributed by atoms with Gasteiger partial charge in [0.05, 0.1) is 11.8 Å². The van der Waals surface area contributed by atoms with Crippen LogP contribution in [-0.4, -0.2) is 53.0 Å². The number of likely N-dealkylation sites (tertiary alicyclic amines) is 2. The molecular weight excluding hydrogens is 335 g/mol. The lowest BCUT2D eigenvalue weighted by molar-refractivity contribution is -0.148. The van der Waals surface area contributed by atoms with Crippen LogP contribution < -0.4 is 0 Å². The smallest absolute Gasteiger partial charge is 0.308 e. The topological polar surface area (TPSA) is 60.9 Å². The molecule has 1 N–H and O–H groups in total. The normalized spacial score (nSPS) is 27.3. The van der Waals surface area contributed by atoms with E-state index < -0.39 is 11.9 Å². The van der Waals surface area contributed by atoms with Crippen molar-refractivity contribution in [1.82, 2.24) is 9.80 Å². The maximum atomic E-state index is 13.4. The van der Waals surface area contributed by atoms with Crippen molar-refractivity contribution in [3.63, 3.8) is 0 Å². The molecule has 1 aromatic carbocycles. The van der Waals surface area contributed by atoms with E-state index in [-0.39, 0.29) is 23.6 Å². The van der Waals surface area contributed by atoms with Crippen LogP contribution in [0.15, 0.2) is 24.3 Å². The summed E-state index contributed by atoms with van der Waals surface area (Å²) in [5, 5.41) is 9.32. The van der Waals surface area contributed by atoms with Crippen LogP contribution in [0.5, 0.6) is 0 Å². The summed E-state index contributed by atoms with van der Waals surface area (Å²) < 4.78 is 13.4. The molecule has 0 bridgehead atoms. The number of benzene rings is 1. The molecule has 2 heterocycles. The number of aliphatic carboxylic acids is 1. The van der Waals surface area contributed by atoms with Crippen molar-refractivity contribution in [3.05, 3.63) is 35.6 Å². The number of carboxylic acid groups (broad SMARTS) is 1. The Labute approximate surface area is 153 Å². The minimum Gasteiger partial charge on any atom is -0.481 e. The van der Waals surface area contributed by atoms with E-state index in [2.05, 4.69) is 4.90 Å². The molecule has 2 fully saturated rings. The fraction of sp³-hybridized carbons (Fsp3) is 0.600. The largest absolute Gasteiger partial charge is 0.481 e. The van der Waals surface area contributed by atoms with Crippen molar-refractivity contribution in [3.8, 4) is 0 Å². The molecule has 0 spiro atoms. The third kappa shape index (κ3) is 4.61. The van der Waals surface area contributed by atoms with Crippen molar-refractivity contribution < 1.29 is 19.1 Å². The second kappa shape index (κ2) is 8.16. The Morgan fingerprint density at radius 3 is 2.77 bits per heavy atom. The average Bonchev–Trinajstić information content (AvgIpc) is 2.61. The highest BCUT2D eigenvalue weighted by molar-refractivity contribution is 5.80. The molecule has 0 aromatic heterocycles. The second-order valence-corrected chi connectivity index (χ2v) is 7.82. The Kier molecular flexibility index (Phi) is 5.91. The van der Waals surface area contributed by atoms with E-state index in [0.29, 0.717) is 32.6 Å². The number of piperidine rings is 2. The summed E-state index contributed by atoms with van der Waals surface area (Å²) in [6.07, 6.45) is 2.40. The van der Waals surface area contributed by atoms with Crippen LogP contribution in [0.2, 0.25) is 0 Å². The molecule has 0 radical (unpaired) electrons. The zero-order chi connectivity index (χ0) is 18.7. The van der Waals surface area contributed by atoms with Gasteiger partial charge >= 0.3 is 5.97 Å². The Balaban J connectivity index is 1.61. The molecule has 3 unspecified atom stereocenters. The quantitative estimate of drug-likeness (QED) is 0.894. The molecule has 2 aliphatic rings. The van der Waals surface area contributed by atoms with E-state index >= 15 is 0 Å². The van der Waals surface area contributed by atoms with Gasteiger partial charge in [-0.1, -0.05) is 19.1 Å². The van der Waals surface area contributed by atoms with E-state index in [1.807, 2.05) is 13.0 Å². The molecule has 6 heteroatoms. The Bertz CT molecular complexity index is 666. The van der Waals surface area contributed by atoms with Gasteiger partial charge in [-0.15, -0.1) is 0 Å². The van der Waals surface area contributed by atoms with E-state index in [0.717, 1.165) is 24.9 Å². The van der Waals surface area contributed by atoms with E-state index in [1.165, 1.54) is 12.1 Å². The number of carbonyl (C=O) groups excluding carboxylic acids is 1. The van der Waals surface area contributed by atoms with Crippen LogP contribution in [0.3, 0.4) is 0 Å². The van der Waals surface area contributed by atoms with Crippen LogP contribution in [0.1, 0.15) is 31.7 Å². The van der Waals surface area contributed by atoms with Crippen LogP contribution >= 0.6 is 0 Å². The minimum atomic E-state index is -0.814. The molecule has 0 saturated carbocycles. The third-order valence-corrected chi connectivity index (χ3v) is 5.47. The first-order valence-electron chi connectivity index (χ1n) is 9.40. The fourth-order valence-corrected chi connectivity index (χ4v) is 4.26. The molecule has 2 aliphatic heterocycles. The van der Waals surface area contributed by atoms with Gasteiger partial charge in [-0.3, -0.25) is 14.5 Å². The van der Waals surface area contributed by atoms with Crippen LogP contribution in [0.25, 0.3) is 0 Å². The van der Waals surface area contributed by atoms with Crippen LogP contribution in [0, 0.1) is 23.6 Å². The highest BCUT2D eigenvalue weighted by Gasteiger charge is 2.36. The monoisotopic (exact) mass is 362 g/mol. The number of carboxylic acids is 1. The predicted octanol–water partition coefficient (Wildman–Crippen LogP) is 2.61. The van der Waals surface area contributed by atoms with Gasteiger partial charge in [0.2, 0.25) is 5.91 Å². The first-order chi connectivity index (χ1) is 12.4. The minimum absolute atomic E-state index is 0.0757. The maximum absolute atomic E-state index is 13.4. The fourth-order valence-electron chi connectivity index (χ4n) is 4.26. The number of halogens is 1. The van der Waals surface area contributed by atoms with Crippen molar-refractivity contribution in [1.29, 1.82) is 0 Å². The maximum Gasteiger partial charge on any atom is 0.308 e. The molecule has 142 valence electrons. The summed E-state index contributed by atoms with van der Waals surface area (Å²) in [5.41, 5.74) is 0.913. The molecule has 5 nitrogen and oxygen atoms in total. The highest BCUT2D eigenvalue weighted by atomic mass is 19.1. The zero-order valence-electron chi connectivity index (χ0n) is 15.2. The molecule has 3 atom stereocenters. The Morgan fingerprint density at radius 2 is 2.04 bits per heavy atom. The summed E-state index contributed by atoms with van der Waals surface area (Å²) in [4.78, 5) is 28.3. The lowest BCUT2D eigenvalue weighted by Gasteiger charge is -2.39. The number of carbonyl (C=O) groups is 2. The van der Waals surface area contributed by atoms with Gasteiger partial charge in [0.25, 0.3) is 0 Å². The zero-order valence-corrected chi connectivity index (χ0v) is 15.2.